The van der Waals surface area contributed by atoms with Gasteiger partial charge in [0.05, 0.1) is 0 Å². The second-order valence-electron chi connectivity index (χ2n) is 14.0. The van der Waals surface area contributed by atoms with Crippen LogP contribution >= 0.6 is 11.3 Å². The molecule has 4 heteroatoms. The van der Waals surface area contributed by atoms with Gasteiger partial charge < -0.3 is 0 Å². The van der Waals surface area contributed by atoms with Gasteiger partial charge in [0.1, 0.15) is 0 Å². The van der Waals surface area contributed by atoms with Gasteiger partial charge in [-0.2, -0.15) is 0 Å². The van der Waals surface area contributed by atoms with E-state index in [9.17, 15) is 0 Å². The zero-order chi connectivity index (χ0) is 36.3. The molecule has 0 saturated carbocycles. The van der Waals surface area contributed by atoms with Gasteiger partial charge in [0.15, 0.2) is 17.5 Å². The Morgan fingerprint density at radius 1 is 0.273 bits per heavy atom. The number of benzene rings is 9. The number of hydrogen-bond acceptors (Lipinski definition) is 4. The van der Waals surface area contributed by atoms with E-state index in [2.05, 4.69) is 127 Å². The highest BCUT2D eigenvalue weighted by molar-refractivity contribution is 7.26. The fourth-order valence-electron chi connectivity index (χ4n) is 8.07. The van der Waals surface area contributed by atoms with Crippen LogP contribution in [0, 0.1) is 0 Å². The summed E-state index contributed by atoms with van der Waals surface area (Å²) in [5.41, 5.74) is 7.68. The molecule has 2 aromatic heterocycles. The molecule has 0 bridgehead atoms. The lowest BCUT2D eigenvalue weighted by Crippen LogP contribution is -2.00. The normalized spacial score (nSPS) is 11.6. The van der Waals surface area contributed by atoms with Gasteiger partial charge in [0.25, 0.3) is 0 Å². The third-order valence-corrected chi connectivity index (χ3v) is 11.9. The maximum Gasteiger partial charge on any atom is 0.164 e. The molecule has 256 valence electrons. The number of thiophene rings is 1. The van der Waals surface area contributed by atoms with Crippen LogP contribution in [0.2, 0.25) is 0 Å². The lowest BCUT2D eigenvalue weighted by atomic mass is 9.91. The van der Waals surface area contributed by atoms with Gasteiger partial charge in [-0.1, -0.05) is 164 Å². The third kappa shape index (κ3) is 5.38. The summed E-state index contributed by atoms with van der Waals surface area (Å²) in [5.74, 6) is 1.97. The van der Waals surface area contributed by atoms with Crippen molar-refractivity contribution in [2.24, 2.45) is 0 Å². The predicted octanol–water partition coefficient (Wildman–Crippen LogP) is 14.0. The molecule has 0 atom stereocenters. The largest absolute Gasteiger partial charge is 0.208 e. The van der Waals surface area contributed by atoms with Crippen molar-refractivity contribution in [2.75, 3.05) is 0 Å². The summed E-state index contributed by atoms with van der Waals surface area (Å²) in [6.45, 7) is 0. The Hall–Kier alpha value is -7.01. The highest BCUT2D eigenvalue weighted by atomic mass is 32.1. The fourth-order valence-corrected chi connectivity index (χ4v) is 9.18. The number of aromatic nitrogens is 3. The van der Waals surface area contributed by atoms with Crippen molar-refractivity contribution in [2.45, 2.75) is 0 Å². The van der Waals surface area contributed by atoms with Crippen LogP contribution in [0.25, 0.3) is 109 Å². The zero-order valence-corrected chi connectivity index (χ0v) is 30.5. The molecule has 0 aliphatic rings. The summed E-state index contributed by atoms with van der Waals surface area (Å²) < 4.78 is 2.56. The average molecular weight is 718 g/mol. The smallest absolute Gasteiger partial charge is 0.164 e. The molecule has 9 aromatic carbocycles. The Morgan fingerprint density at radius 2 is 0.709 bits per heavy atom. The first-order valence-electron chi connectivity index (χ1n) is 18.5. The minimum Gasteiger partial charge on any atom is -0.208 e. The Labute approximate surface area is 321 Å². The Kier molecular flexibility index (Phi) is 7.35. The van der Waals surface area contributed by atoms with E-state index in [1.807, 2.05) is 72.0 Å². The first-order chi connectivity index (χ1) is 27.2. The molecular formula is C51H31N3S. The van der Waals surface area contributed by atoms with Gasteiger partial charge in [-0.3, -0.25) is 0 Å². The Bertz CT molecular complexity index is 3150. The molecule has 11 rings (SSSR count). The highest BCUT2D eigenvalue weighted by Gasteiger charge is 2.16. The average Bonchev–Trinajstić information content (AvgIpc) is 3.65. The molecule has 55 heavy (non-hydrogen) atoms. The fraction of sp³-hybridized carbons (Fsp3) is 0. The van der Waals surface area contributed by atoms with E-state index >= 15 is 0 Å². The van der Waals surface area contributed by atoms with Crippen molar-refractivity contribution in [1.82, 2.24) is 15.0 Å². The lowest BCUT2D eigenvalue weighted by molar-refractivity contribution is 1.07. The Morgan fingerprint density at radius 3 is 1.29 bits per heavy atom. The minimum absolute atomic E-state index is 0.652. The SMILES string of the molecule is c1ccc(-c2nc(-c3ccccc3)nc(-c3ccc(-c4cccc5sc6ccc(-c7ccc8c9ccccc9c9ccccc9c8c7)cc6c45)cc3)n2)cc1. The summed E-state index contributed by atoms with van der Waals surface area (Å²) in [6, 6.07) is 67.0. The summed E-state index contributed by atoms with van der Waals surface area (Å²) >= 11 is 1.85. The van der Waals surface area contributed by atoms with E-state index in [0.29, 0.717) is 17.5 Å². The highest BCUT2D eigenvalue weighted by Crippen LogP contribution is 2.43. The van der Waals surface area contributed by atoms with Crippen molar-refractivity contribution in [3.63, 3.8) is 0 Å². The van der Waals surface area contributed by atoms with Gasteiger partial charge in [-0.25, -0.2) is 15.0 Å². The predicted molar refractivity (Wildman–Crippen MR) is 232 cm³/mol. The maximum atomic E-state index is 4.95. The standard InChI is InChI=1S/C51H31N3S/c1-3-12-33(13-4-1)49-52-50(34-14-5-2-6-15-34)54-51(53-49)35-24-22-32(23-25-35)38-20-11-21-47-48(38)45-31-37(27-29-46(45)55-47)36-26-28-43-41-18-8-7-16-39(41)40-17-9-10-19-42(40)44(43)30-36/h1-31H. The summed E-state index contributed by atoms with van der Waals surface area (Å²) in [5, 5.41) is 10.3. The van der Waals surface area contributed by atoms with E-state index in [1.54, 1.807) is 0 Å². The molecule has 0 aliphatic carbocycles. The number of hydrogen-bond donors (Lipinski definition) is 0. The summed E-state index contributed by atoms with van der Waals surface area (Å²) in [4.78, 5) is 14.8. The molecule has 0 aliphatic heterocycles. The van der Waals surface area contributed by atoms with Crippen LogP contribution in [0.15, 0.2) is 188 Å². The van der Waals surface area contributed by atoms with Crippen molar-refractivity contribution in [3.05, 3.63) is 188 Å². The molecule has 11 aromatic rings. The van der Waals surface area contributed by atoms with E-state index in [1.165, 1.54) is 69.2 Å². The maximum absolute atomic E-state index is 4.95. The first kappa shape index (κ1) is 31.5. The van der Waals surface area contributed by atoms with Crippen molar-refractivity contribution in [1.29, 1.82) is 0 Å². The van der Waals surface area contributed by atoms with E-state index < -0.39 is 0 Å². The van der Waals surface area contributed by atoms with Crippen molar-refractivity contribution < 1.29 is 0 Å². The number of fused-ring (bicyclic) bond motifs is 9. The Balaban J connectivity index is 1.02. The van der Waals surface area contributed by atoms with Crippen molar-refractivity contribution in [3.8, 4) is 56.4 Å². The van der Waals surface area contributed by atoms with Gasteiger partial charge in [-0.15, -0.1) is 11.3 Å². The van der Waals surface area contributed by atoms with E-state index in [0.717, 1.165) is 22.3 Å². The van der Waals surface area contributed by atoms with Crippen LogP contribution in [0.1, 0.15) is 0 Å². The lowest BCUT2D eigenvalue weighted by Gasteiger charge is -2.12. The van der Waals surface area contributed by atoms with Gasteiger partial charge in [0.2, 0.25) is 0 Å². The van der Waals surface area contributed by atoms with Crippen LogP contribution in [0.4, 0.5) is 0 Å². The molecule has 0 fully saturated rings. The van der Waals surface area contributed by atoms with E-state index in [4.69, 9.17) is 15.0 Å². The second kappa shape index (κ2) is 12.8. The molecule has 3 nitrogen and oxygen atoms in total. The first-order valence-corrected chi connectivity index (χ1v) is 19.3. The van der Waals surface area contributed by atoms with Crippen molar-refractivity contribution >= 4 is 63.8 Å². The molecule has 0 N–H and O–H groups in total. The molecular weight excluding hydrogens is 687 g/mol. The second-order valence-corrected chi connectivity index (χ2v) is 15.0. The molecule has 0 saturated heterocycles. The van der Waals surface area contributed by atoms with Crippen LogP contribution in [-0.2, 0) is 0 Å². The number of nitrogens with zero attached hydrogens (tertiary/aromatic N) is 3. The van der Waals surface area contributed by atoms with Gasteiger partial charge >= 0.3 is 0 Å². The topological polar surface area (TPSA) is 38.7 Å². The monoisotopic (exact) mass is 717 g/mol. The van der Waals surface area contributed by atoms with Crippen LogP contribution in [-0.4, -0.2) is 15.0 Å². The molecule has 0 unspecified atom stereocenters. The number of rotatable bonds is 5. The van der Waals surface area contributed by atoms with Gasteiger partial charge in [-0.05, 0) is 78.8 Å². The van der Waals surface area contributed by atoms with E-state index in [-0.39, 0.29) is 0 Å². The van der Waals surface area contributed by atoms with Crippen LogP contribution < -0.4 is 0 Å². The molecule has 0 amide bonds. The van der Waals surface area contributed by atoms with Crippen LogP contribution in [0.5, 0.6) is 0 Å². The zero-order valence-electron chi connectivity index (χ0n) is 29.6. The quantitative estimate of drug-likeness (QED) is 0.166. The molecule has 2 heterocycles. The minimum atomic E-state index is 0.652. The van der Waals surface area contributed by atoms with Crippen LogP contribution in [0.3, 0.4) is 0 Å². The third-order valence-electron chi connectivity index (χ3n) is 10.7. The molecule has 0 spiro atoms. The molecule has 0 radical (unpaired) electrons. The summed E-state index contributed by atoms with van der Waals surface area (Å²) in [7, 11) is 0. The summed E-state index contributed by atoms with van der Waals surface area (Å²) in [6.07, 6.45) is 0. The van der Waals surface area contributed by atoms with Gasteiger partial charge in [0, 0.05) is 36.9 Å².